The zero-order valence-electron chi connectivity index (χ0n) is 9.07. The summed E-state index contributed by atoms with van der Waals surface area (Å²) in [5, 5.41) is 8.85. The quantitative estimate of drug-likeness (QED) is 0.500. The first-order valence-electron chi connectivity index (χ1n) is 5.28. The highest BCUT2D eigenvalue weighted by Gasteiger charge is 2.07. The minimum Gasteiger partial charge on any atom is -0.481 e. The normalized spacial score (nSPS) is 13.9. The second kappa shape index (κ2) is 8.54. The molecule has 1 unspecified atom stereocenters. The molecule has 0 aliphatic heterocycles. The van der Waals surface area contributed by atoms with Gasteiger partial charge in [0.05, 0.1) is 5.92 Å². The van der Waals surface area contributed by atoms with Crippen LogP contribution in [0, 0.1) is 5.92 Å². The van der Waals surface area contributed by atoms with Gasteiger partial charge in [-0.05, 0) is 12.8 Å². The zero-order chi connectivity index (χ0) is 10.8. The van der Waals surface area contributed by atoms with Crippen LogP contribution in [0.5, 0.6) is 0 Å². The van der Waals surface area contributed by atoms with Crippen molar-refractivity contribution in [1.29, 1.82) is 0 Å². The largest absolute Gasteiger partial charge is 0.481 e. The van der Waals surface area contributed by atoms with E-state index in [9.17, 15) is 4.79 Å². The fourth-order valence-corrected chi connectivity index (χ4v) is 1.08. The maximum atomic E-state index is 10.8. The van der Waals surface area contributed by atoms with Gasteiger partial charge in [-0.25, -0.2) is 0 Å². The van der Waals surface area contributed by atoms with Crippen LogP contribution in [0.3, 0.4) is 0 Å². The van der Waals surface area contributed by atoms with Crippen LogP contribution in [-0.2, 0) is 4.79 Å². The first kappa shape index (κ1) is 12.9. The molecular formula is C12H20O2. The van der Waals surface area contributed by atoms with E-state index in [1.54, 1.807) is 12.2 Å². The van der Waals surface area contributed by atoms with Crippen LogP contribution in [0.2, 0.25) is 0 Å². The summed E-state index contributed by atoms with van der Waals surface area (Å²) in [7, 11) is 0. The van der Waals surface area contributed by atoms with Crippen molar-refractivity contribution in [1.82, 2.24) is 0 Å². The Bertz CT molecular complexity index is 204. The molecule has 0 saturated carbocycles. The van der Waals surface area contributed by atoms with Crippen molar-refractivity contribution in [3.63, 3.8) is 0 Å². The molecular weight excluding hydrogens is 176 g/mol. The second-order valence-corrected chi connectivity index (χ2v) is 3.27. The number of hydrogen-bond acceptors (Lipinski definition) is 1. The first-order chi connectivity index (χ1) is 6.72. The molecule has 0 aromatic carbocycles. The molecule has 0 aliphatic carbocycles. The summed E-state index contributed by atoms with van der Waals surface area (Å²) < 4.78 is 0. The summed E-state index contributed by atoms with van der Waals surface area (Å²) >= 11 is 0. The molecule has 2 nitrogen and oxygen atoms in total. The minimum atomic E-state index is -0.776. The van der Waals surface area contributed by atoms with E-state index in [1.807, 2.05) is 19.1 Å². The van der Waals surface area contributed by atoms with Gasteiger partial charge in [0, 0.05) is 0 Å². The predicted octanol–water partition coefficient (Wildman–Crippen LogP) is 3.40. The number of unbranched alkanes of at least 4 members (excludes halogenated alkanes) is 2. The van der Waals surface area contributed by atoms with Gasteiger partial charge in [-0.3, -0.25) is 4.79 Å². The molecule has 1 atom stereocenters. The maximum absolute atomic E-state index is 10.8. The average molecular weight is 196 g/mol. The number of aliphatic carboxylic acids is 1. The predicted molar refractivity (Wildman–Crippen MR) is 59.2 cm³/mol. The maximum Gasteiger partial charge on any atom is 0.314 e. The molecule has 0 aromatic rings. The standard InChI is InChI=1S/C12H20O2/c1-3-5-7-8-10-11(12(13)14)9-6-4-2/h6,8-11H,3-5,7H2,1-2H3,(H,13,14). The van der Waals surface area contributed by atoms with Crippen LogP contribution < -0.4 is 0 Å². The number of carboxylic acid groups (broad SMARTS) is 1. The fourth-order valence-electron chi connectivity index (χ4n) is 1.08. The first-order valence-corrected chi connectivity index (χ1v) is 5.28. The number of carboxylic acids is 1. The molecule has 0 bridgehead atoms. The molecule has 0 spiro atoms. The van der Waals surface area contributed by atoms with Crippen LogP contribution in [0.4, 0.5) is 0 Å². The van der Waals surface area contributed by atoms with E-state index in [1.165, 1.54) is 0 Å². The van der Waals surface area contributed by atoms with Gasteiger partial charge >= 0.3 is 5.97 Å². The van der Waals surface area contributed by atoms with Crippen molar-refractivity contribution in [2.75, 3.05) is 0 Å². The molecule has 2 heteroatoms. The summed E-state index contributed by atoms with van der Waals surface area (Å²) in [4.78, 5) is 10.8. The minimum absolute atomic E-state index is 0.452. The van der Waals surface area contributed by atoms with Gasteiger partial charge in [-0.2, -0.15) is 0 Å². The van der Waals surface area contributed by atoms with Crippen molar-refractivity contribution in [3.05, 3.63) is 24.3 Å². The lowest BCUT2D eigenvalue weighted by Crippen LogP contribution is -2.07. The fraction of sp³-hybridized carbons (Fsp3) is 0.583. The highest BCUT2D eigenvalue weighted by atomic mass is 16.4. The highest BCUT2D eigenvalue weighted by Crippen LogP contribution is 2.05. The van der Waals surface area contributed by atoms with Crippen molar-refractivity contribution < 1.29 is 9.90 Å². The second-order valence-electron chi connectivity index (χ2n) is 3.27. The summed E-state index contributed by atoms with van der Waals surface area (Å²) in [6, 6.07) is 0. The Morgan fingerprint density at radius 1 is 1.29 bits per heavy atom. The van der Waals surface area contributed by atoms with Crippen LogP contribution in [0.25, 0.3) is 0 Å². The van der Waals surface area contributed by atoms with E-state index in [-0.39, 0.29) is 0 Å². The molecule has 0 saturated heterocycles. The molecule has 0 rings (SSSR count). The van der Waals surface area contributed by atoms with Crippen molar-refractivity contribution in [3.8, 4) is 0 Å². The van der Waals surface area contributed by atoms with Crippen molar-refractivity contribution >= 4 is 5.97 Å². The Kier molecular flexibility index (Phi) is 7.90. The SMILES string of the molecule is CCC=CC(C=CCCCC)C(=O)O. The van der Waals surface area contributed by atoms with Crippen molar-refractivity contribution in [2.45, 2.75) is 39.5 Å². The average Bonchev–Trinajstić information content (AvgIpc) is 2.16. The van der Waals surface area contributed by atoms with Gasteiger partial charge in [0.1, 0.15) is 0 Å². The highest BCUT2D eigenvalue weighted by molar-refractivity contribution is 5.74. The number of allylic oxidation sites excluding steroid dienone is 2. The lowest BCUT2D eigenvalue weighted by molar-refractivity contribution is -0.138. The molecule has 1 N–H and O–H groups in total. The van der Waals surface area contributed by atoms with Gasteiger partial charge < -0.3 is 5.11 Å². The smallest absolute Gasteiger partial charge is 0.314 e. The molecule has 0 aromatic heterocycles. The van der Waals surface area contributed by atoms with Crippen molar-refractivity contribution in [2.24, 2.45) is 5.92 Å². The molecule has 80 valence electrons. The van der Waals surface area contributed by atoms with Crippen LogP contribution >= 0.6 is 0 Å². The lowest BCUT2D eigenvalue weighted by Gasteiger charge is -1.99. The van der Waals surface area contributed by atoms with Gasteiger partial charge in [0.25, 0.3) is 0 Å². The third-order valence-electron chi connectivity index (χ3n) is 1.93. The molecule has 14 heavy (non-hydrogen) atoms. The van der Waals surface area contributed by atoms with Crippen LogP contribution in [0.1, 0.15) is 39.5 Å². The van der Waals surface area contributed by atoms with E-state index >= 15 is 0 Å². The van der Waals surface area contributed by atoms with Gasteiger partial charge in [-0.15, -0.1) is 0 Å². The summed E-state index contributed by atoms with van der Waals surface area (Å²) in [6.45, 7) is 4.12. The molecule has 0 fully saturated rings. The van der Waals surface area contributed by atoms with Gasteiger partial charge in [0.15, 0.2) is 0 Å². The zero-order valence-corrected chi connectivity index (χ0v) is 9.07. The van der Waals surface area contributed by atoms with Crippen LogP contribution in [0.15, 0.2) is 24.3 Å². The van der Waals surface area contributed by atoms with E-state index in [0.717, 1.165) is 25.7 Å². The molecule has 0 aliphatic rings. The number of rotatable bonds is 7. The third kappa shape index (κ3) is 6.46. The lowest BCUT2D eigenvalue weighted by atomic mass is 10.1. The number of hydrogen-bond donors (Lipinski definition) is 1. The summed E-state index contributed by atoms with van der Waals surface area (Å²) in [5.41, 5.74) is 0. The summed E-state index contributed by atoms with van der Waals surface area (Å²) in [5.74, 6) is -1.23. The summed E-state index contributed by atoms with van der Waals surface area (Å²) in [6.07, 6.45) is 11.5. The Morgan fingerprint density at radius 2 is 1.93 bits per heavy atom. The Morgan fingerprint density at radius 3 is 2.43 bits per heavy atom. The monoisotopic (exact) mass is 196 g/mol. The Hall–Kier alpha value is -1.05. The van der Waals surface area contributed by atoms with Gasteiger partial charge in [0.2, 0.25) is 0 Å². The number of carbonyl (C=O) groups is 1. The molecule has 0 radical (unpaired) electrons. The van der Waals surface area contributed by atoms with E-state index in [4.69, 9.17) is 5.11 Å². The van der Waals surface area contributed by atoms with Gasteiger partial charge in [-0.1, -0.05) is 51.0 Å². The topological polar surface area (TPSA) is 37.3 Å². The van der Waals surface area contributed by atoms with E-state index < -0.39 is 11.9 Å². The van der Waals surface area contributed by atoms with E-state index in [2.05, 4.69) is 6.92 Å². The third-order valence-corrected chi connectivity index (χ3v) is 1.93. The molecule has 0 heterocycles. The molecule has 0 amide bonds. The van der Waals surface area contributed by atoms with Crippen LogP contribution in [-0.4, -0.2) is 11.1 Å². The Labute approximate surface area is 86.3 Å². The Balaban J connectivity index is 4.02. The van der Waals surface area contributed by atoms with E-state index in [0.29, 0.717) is 0 Å².